The molecule has 1 saturated heterocycles. The Morgan fingerprint density at radius 3 is 2.58 bits per heavy atom. The van der Waals surface area contributed by atoms with Crippen LogP contribution >= 0.6 is 0 Å². The van der Waals surface area contributed by atoms with Gasteiger partial charge >= 0.3 is 0 Å². The molecule has 1 atom stereocenters. The first-order chi connectivity index (χ1) is 11.5. The number of hydrogen-bond donors (Lipinski definition) is 1. The van der Waals surface area contributed by atoms with E-state index in [-0.39, 0.29) is 23.6 Å². The molecule has 0 aromatic heterocycles. The average Bonchev–Trinajstić information content (AvgIpc) is 2.50. The van der Waals surface area contributed by atoms with E-state index in [2.05, 4.69) is 11.8 Å². The number of ether oxygens (including phenoxy) is 1. The minimum absolute atomic E-state index is 0.160. The van der Waals surface area contributed by atoms with Crippen LogP contribution < -0.4 is 9.64 Å². The number of phenolic OH excluding ortho intramolecular Hbond substituents is 1. The fraction of sp³-hybridized carbons (Fsp3) is 0.350. The second-order valence-electron chi connectivity index (χ2n) is 6.54. The van der Waals surface area contributed by atoms with Crippen molar-refractivity contribution in [2.24, 2.45) is 0 Å². The van der Waals surface area contributed by atoms with Crippen LogP contribution in [0.5, 0.6) is 11.5 Å². The van der Waals surface area contributed by atoms with E-state index in [1.54, 1.807) is 19.1 Å². The molecule has 1 aliphatic rings. The van der Waals surface area contributed by atoms with Crippen molar-refractivity contribution in [2.75, 3.05) is 18.0 Å². The van der Waals surface area contributed by atoms with Gasteiger partial charge in [0.15, 0.2) is 0 Å². The van der Waals surface area contributed by atoms with Crippen molar-refractivity contribution in [1.82, 2.24) is 0 Å². The fourth-order valence-electron chi connectivity index (χ4n) is 3.03. The minimum Gasteiger partial charge on any atom is -0.508 e. The SMILES string of the molecule is CC(=O)C[C@@H](C)c1ccc(OC2CN(c3cccc(O)c3)C2)cc1. The van der Waals surface area contributed by atoms with Gasteiger partial charge in [0.05, 0.1) is 13.1 Å². The number of Topliss-reactive ketones (excluding diaryl/α,β-unsaturated/α-hetero) is 1. The summed E-state index contributed by atoms with van der Waals surface area (Å²) in [6.45, 7) is 5.32. The Bertz CT molecular complexity index is 705. The van der Waals surface area contributed by atoms with E-state index < -0.39 is 0 Å². The van der Waals surface area contributed by atoms with E-state index in [0.717, 1.165) is 30.1 Å². The number of ketones is 1. The van der Waals surface area contributed by atoms with Crippen LogP contribution in [0.4, 0.5) is 5.69 Å². The Labute approximate surface area is 142 Å². The number of carbonyl (C=O) groups excluding carboxylic acids is 1. The summed E-state index contributed by atoms with van der Waals surface area (Å²) in [7, 11) is 0. The predicted molar refractivity (Wildman–Crippen MR) is 94.9 cm³/mol. The van der Waals surface area contributed by atoms with E-state index in [4.69, 9.17) is 4.74 Å². The Morgan fingerprint density at radius 2 is 1.96 bits per heavy atom. The summed E-state index contributed by atoms with van der Waals surface area (Å²) in [5, 5.41) is 9.53. The fourth-order valence-corrected chi connectivity index (χ4v) is 3.03. The first-order valence-corrected chi connectivity index (χ1v) is 8.31. The van der Waals surface area contributed by atoms with Gasteiger partial charge in [-0.3, -0.25) is 0 Å². The van der Waals surface area contributed by atoms with Gasteiger partial charge in [0.25, 0.3) is 0 Å². The molecule has 4 heteroatoms. The van der Waals surface area contributed by atoms with E-state index in [1.165, 1.54) is 0 Å². The lowest BCUT2D eigenvalue weighted by molar-refractivity contribution is -0.117. The number of nitrogens with zero attached hydrogens (tertiary/aromatic N) is 1. The molecule has 0 spiro atoms. The van der Waals surface area contributed by atoms with Crippen molar-refractivity contribution >= 4 is 11.5 Å². The third-order valence-electron chi connectivity index (χ3n) is 4.39. The lowest BCUT2D eigenvalue weighted by atomic mass is 9.96. The lowest BCUT2D eigenvalue weighted by Crippen LogP contribution is -2.54. The second kappa shape index (κ2) is 6.95. The molecule has 4 nitrogen and oxygen atoms in total. The summed E-state index contributed by atoms with van der Waals surface area (Å²) in [6.07, 6.45) is 0.731. The molecule has 0 aliphatic carbocycles. The van der Waals surface area contributed by atoms with Crippen molar-refractivity contribution in [3.63, 3.8) is 0 Å². The molecule has 0 bridgehead atoms. The van der Waals surface area contributed by atoms with Crippen LogP contribution in [-0.2, 0) is 4.79 Å². The smallest absolute Gasteiger partial charge is 0.133 e. The highest BCUT2D eigenvalue weighted by atomic mass is 16.5. The number of carbonyl (C=O) groups is 1. The third kappa shape index (κ3) is 3.88. The molecule has 0 saturated carbocycles. The average molecular weight is 325 g/mol. The van der Waals surface area contributed by atoms with E-state index in [1.807, 2.05) is 36.4 Å². The van der Waals surface area contributed by atoms with Crippen molar-refractivity contribution in [2.45, 2.75) is 32.3 Å². The molecule has 24 heavy (non-hydrogen) atoms. The van der Waals surface area contributed by atoms with Crippen molar-refractivity contribution in [3.8, 4) is 11.5 Å². The molecule has 0 unspecified atom stereocenters. The zero-order valence-corrected chi connectivity index (χ0v) is 14.1. The molecule has 2 aromatic carbocycles. The van der Waals surface area contributed by atoms with Gasteiger partial charge in [-0.25, -0.2) is 0 Å². The molecular weight excluding hydrogens is 302 g/mol. The minimum atomic E-state index is 0.160. The van der Waals surface area contributed by atoms with Crippen LogP contribution in [0, 0.1) is 0 Å². The number of phenols is 1. The van der Waals surface area contributed by atoms with Crippen molar-refractivity contribution in [1.29, 1.82) is 0 Å². The molecule has 126 valence electrons. The Balaban J connectivity index is 1.52. The van der Waals surface area contributed by atoms with Crippen LogP contribution in [0.3, 0.4) is 0 Å². The zero-order valence-electron chi connectivity index (χ0n) is 14.1. The van der Waals surface area contributed by atoms with Crippen LogP contribution in [0.25, 0.3) is 0 Å². The number of anilines is 1. The monoisotopic (exact) mass is 325 g/mol. The molecular formula is C20H23NO3. The maximum absolute atomic E-state index is 11.2. The highest BCUT2D eigenvalue weighted by Gasteiger charge is 2.28. The highest BCUT2D eigenvalue weighted by Crippen LogP contribution is 2.28. The first-order valence-electron chi connectivity index (χ1n) is 8.31. The summed E-state index contributed by atoms with van der Waals surface area (Å²) < 4.78 is 5.98. The van der Waals surface area contributed by atoms with Gasteiger partial charge in [-0.1, -0.05) is 25.1 Å². The zero-order chi connectivity index (χ0) is 17.1. The molecule has 0 radical (unpaired) electrons. The van der Waals surface area contributed by atoms with Gasteiger partial charge in [0, 0.05) is 18.2 Å². The molecule has 1 heterocycles. The molecule has 1 fully saturated rings. The summed E-state index contributed by atoms with van der Waals surface area (Å²) in [5.41, 5.74) is 2.18. The van der Waals surface area contributed by atoms with Gasteiger partial charge in [-0.2, -0.15) is 0 Å². The van der Waals surface area contributed by atoms with Gasteiger partial charge in [0.2, 0.25) is 0 Å². The maximum Gasteiger partial charge on any atom is 0.133 e. The van der Waals surface area contributed by atoms with Gasteiger partial charge < -0.3 is 19.5 Å². The quantitative estimate of drug-likeness (QED) is 0.879. The lowest BCUT2D eigenvalue weighted by Gasteiger charge is -2.40. The van der Waals surface area contributed by atoms with Crippen LogP contribution in [0.2, 0.25) is 0 Å². The molecule has 1 aliphatic heterocycles. The van der Waals surface area contributed by atoms with Crippen molar-refractivity contribution in [3.05, 3.63) is 54.1 Å². The van der Waals surface area contributed by atoms with Gasteiger partial charge in [-0.05, 0) is 42.7 Å². The van der Waals surface area contributed by atoms with Crippen molar-refractivity contribution < 1.29 is 14.6 Å². The molecule has 3 rings (SSSR count). The standard InChI is InChI=1S/C20H23NO3/c1-14(10-15(2)22)16-6-8-19(9-7-16)24-20-12-21(13-20)17-4-3-5-18(23)11-17/h3-9,11,14,20,23H,10,12-13H2,1-2H3/t14-/m1/s1. The van der Waals surface area contributed by atoms with E-state index in [0.29, 0.717) is 6.42 Å². The first kappa shape index (κ1) is 16.4. The second-order valence-corrected chi connectivity index (χ2v) is 6.54. The van der Waals surface area contributed by atoms with Crippen LogP contribution in [0.1, 0.15) is 31.7 Å². The van der Waals surface area contributed by atoms with Crippen LogP contribution in [0.15, 0.2) is 48.5 Å². The topological polar surface area (TPSA) is 49.8 Å². The van der Waals surface area contributed by atoms with E-state index >= 15 is 0 Å². The molecule has 0 amide bonds. The highest BCUT2D eigenvalue weighted by molar-refractivity contribution is 5.76. The normalized spacial score (nSPS) is 15.7. The third-order valence-corrected chi connectivity index (χ3v) is 4.39. The summed E-state index contributed by atoms with van der Waals surface area (Å²) in [6, 6.07) is 15.3. The van der Waals surface area contributed by atoms with Gasteiger partial charge in [0.1, 0.15) is 23.4 Å². The number of rotatable bonds is 6. The van der Waals surface area contributed by atoms with Gasteiger partial charge in [-0.15, -0.1) is 0 Å². The van der Waals surface area contributed by atoms with Crippen LogP contribution in [-0.4, -0.2) is 30.1 Å². The van der Waals surface area contributed by atoms with E-state index in [9.17, 15) is 9.90 Å². The molecule has 1 N–H and O–H groups in total. The Morgan fingerprint density at radius 1 is 1.25 bits per heavy atom. The molecule has 2 aromatic rings. The summed E-state index contributed by atoms with van der Waals surface area (Å²) in [4.78, 5) is 13.4. The number of benzene rings is 2. The maximum atomic E-state index is 11.2. The number of aromatic hydroxyl groups is 1. The largest absolute Gasteiger partial charge is 0.508 e. The Hall–Kier alpha value is -2.49. The number of hydrogen-bond acceptors (Lipinski definition) is 4. The predicted octanol–water partition coefficient (Wildman–Crippen LogP) is 3.74. The summed E-state index contributed by atoms with van der Waals surface area (Å²) in [5.74, 6) is 1.59. The Kier molecular flexibility index (Phi) is 4.74. The summed E-state index contributed by atoms with van der Waals surface area (Å²) >= 11 is 0.